The molecular weight excluding hydrogens is 496 g/mol. The molecular formula is C39H48N2. The third-order valence-corrected chi connectivity index (χ3v) is 12.8. The zero-order valence-corrected chi connectivity index (χ0v) is 24.9. The van der Waals surface area contributed by atoms with Gasteiger partial charge in [0.15, 0.2) is 0 Å². The van der Waals surface area contributed by atoms with Gasteiger partial charge in [-0.2, -0.15) is 0 Å². The minimum Gasteiger partial charge on any atom is -0.363 e. The van der Waals surface area contributed by atoms with Gasteiger partial charge >= 0.3 is 0 Å². The van der Waals surface area contributed by atoms with Crippen LogP contribution >= 0.6 is 0 Å². The van der Waals surface area contributed by atoms with E-state index in [4.69, 9.17) is 0 Å². The molecule has 2 aliphatic heterocycles. The van der Waals surface area contributed by atoms with Crippen LogP contribution < -0.4 is 5.32 Å². The number of fused-ring (bicyclic) bond motifs is 9. The molecule has 1 saturated carbocycles. The van der Waals surface area contributed by atoms with E-state index in [1.807, 2.05) is 0 Å². The molecule has 6 aliphatic carbocycles. The second-order valence-corrected chi connectivity index (χ2v) is 14.7. The van der Waals surface area contributed by atoms with Gasteiger partial charge in [0, 0.05) is 28.2 Å². The summed E-state index contributed by atoms with van der Waals surface area (Å²) in [5.74, 6) is 4.88. The van der Waals surface area contributed by atoms with E-state index in [9.17, 15) is 0 Å². The fraction of sp³-hybridized carbons (Fsp3) is 0.590. The van der Waals surface area contributed by atoms with Crippen molar-refractivity contribution in [1.82, 2.24) is 10.2 Å². The predicted octanol–water partition coefficient (Wildman–Crippen LogP) is 9.52. The Morgan fingerprint density at radius 2 is 1.56 bits per heavy atom. The first kappa shape index (κ1) is 25.1. The van der Waals surface area contributed by atoms with Crippen LogP contribution in [-0.2, 0) is 12.8 Å². The van der Waals surface area contributed by atoms with Crippen LogP contribution in [0.3, 0.4) is 0 Å². The lowest BCUT2D eigenvalue weighted by Crippen LogP contribution is -2.42. The Labute approximate surface area is 247 Å². The third-order valence-electron chi connectivity index (χ3n) is 12.8. The summed E-state index contributed by atoms with van der Waals surface area (Å²) in [6, 6.07) is 5.01. The monoisotopic (exact) mass is 544 g/mol. The van der Waals surface area contributed by atoms with Crippen molar-refractivity contribution in [2.45, 2.75) is 109 Å². The maximum Gasteiger partial charge on any atom is 0.130 e. The maximum atomic E-state index is 4.15. The van der Waals surface area contributed by atoms with Gasteiger partial charge in [0.1, 0.15) is 6.17 Å². The van der Waals surface area contributed by atoms with Gasteiger partial charge in [0.05, 0.1) is 0 Å². The highest BCUT2D eigenvalue weighted by atomic mass is 15.3. The smallest absolute Gasteiger partial charge is 0.130 e. The second kappa shape index (κ2) is 10.1. The Hall–Kier alpha value is -2.48. The SMILES string of the molecule is C1=CC(C2CCC(C3C=CC4=C(C3)N3C5=C(CCCC5)NC3c3c4ccc4c3CCCC4)C3CCC=CC23)CCC1. The van der Waals surface area contributed by atoms with Gasteiger partial charge in [-0.3, -0.25) is 0 Å². The van der Waals surface area contributed by atoms with Crippen LogP contribution in [-0.4, -0.2) is 4.90 Å². The van der Waals surface area contributed by atoms with Gasteiger partial charge in [-0.15, -0.1) is 0 Å². The topological polar surface area (TPSA) is 15.3 Å². The maximum absolute atomic E-state index is 4.15. The number of nitrogens with one attached hydrogen (secondary N) is 1. The highest BCUT2D eigenvalue weighted by Crippen LogP contribution is 2.56. The molecule has 0 radical (unpaired) electrons. The third kappa shape index (κ3) is 3.95. The molecule has 9 rings (SSSR count). The molecule has 2 nitrogen and oxygen atoms in total. The van der Waals surface area contributed by atoms with Crippen molar-refractivity contribution in [2.75, 3.05) is 0 Å². The molecule has 1 fully saturated rings. The van der Waals surface area contributed by atoms with Crippen LogP contribution in [0.1, 0.15) is 118 Å². The Bertz CT molecular complexity index is 1390. The number of nitrogens with zero attached hydrogens (tertiary/aromatic N) is 1. The van der Waals surface area contributed by atoms with Gasteiger partial charge in [-0.05, 0) is 155 Å². The first-order chi connectivity index (χ1) is 20.3. The summed E-state index contributed by atoms with van der Waals surface area (Å²) < 4.78 is 0. The summed E-state index contributed by atoms with van der Waals surface area (Å²) in [5, 5.41) is 4.15. The molecule has 41 heavy (non-hydrogen) atoms. The zero-order valence-electron chi connectivity index (χ0n) is 24.9. The predicted molar refractivity (Wildman–Crippen MR) is 169 cm³/mol. The van der Waals surface area contributed by atoms with Crippen LogP contribution in [0, 0.1) is 35.5 Å². The number of hydrogen-bond donors (Lipinski definition) is 1. The van der Waals surface area contributed by atoms with E-state index < -0.39 is 0 Å². The summed E-state index contributed by atoms with van der Waals surface area (Å²) in [7, 11) is 0. The van der Waals surface area contributed by atoms with E-state index in [2.05, 4.69) is 58.8 Å². The molecule has 1 aromatic rings. The molecule has 1 aromatic carbocycles. The van der Waals surface area contributed by atoms with E-state index in [0.29, 0.717) is 12.1 Å². The van der Waals surface area contributed by atoms with E-state index in [1.54, 1.807) is 44.9 Å². The van der Waals surface area contributed by atoms with Gasteiger partial charge < -0.3 is 10.2 Å². The molecule has 2 heterocycles. The van der Waals surface area contributed by atoms with Gasteiger partial charge in [-0.1, -0.05) is 48.6 Å². The number of hydrogen-bond acceptors (Lipinski definition) is 2. The Morgan fingerprint density at radius 3 is 2.51 bits per heavy atom. The molecule has 214 valence electrons. The molecule has 8 aliphatic rings. The molecule has 0 bridgehead atoms. The van der Waals surface area contributed by atoms with Crippen LogP contribution in [0.5, 0.6) is 0 Å². The minimum absolute atomic E-state index is 0.339. The molecule has 1 N–H and O–H groups in total. The van der Waals surface area contributed by atoms with Crippen molar-refractivity contribution in [3.63, 3.8) is 0 Å². The van der Waals surface area contributed by atoms with E-state index in [1.165, 1.54) is 103 Å². The lowest BCUT2D eigenvalue weighted by molar-refractivity contribution is 0.0555. The molecule has 0 aromatic heterocycles. The van der Waals surface area contributed by atoms with Crippen LogP contribution in [0.2, 0.25) is 0 Å². The molecule has 0 spiro atoms. The van der Waals surface area contributed by atoms with Crippen molar-refractivity contribution in [2.24, 2.45) is 35.5 Å². The van der Waals surface area contributed by atoms with Crippen LogP contribution in [0.4, 0.5) is 0 Å². The fourth-order valence-corrected chi connectivity index (χ4v) is 11.0. The van der Waals surface area contributed by atoms with Crippen molar-refractivity contribution < 1.29 is 0 Å². The van der Waals surface area contributed by atoms with E-state index >= 15 is 0 Å². The summed E-state index contributed by atoms with van der Waals surface area (Å²) >= 11 is 0. The van der Waals surface area contributed by atoms with Crippen LogP contribution in [0.25, 0.3) is 5.57 Å². The largest absolute Gasteiger partial charge is 0.363 e. The summed E-state index contributed by atoms with van der Waals surface area (Å²) in [5.41, 5.74) is 12.9. The Kier molecular flexibility index (Phi) is 6.15. The second-order valence-electron chi connectivity index (χ2n) is 14.7. The quantitative estimate of drug-likeness (QED) is 0.373. The molecule has 2 heteroatoms. The Balaban J connectivity index is 1.08. The molecule has 0 saturated heterocycles. The Morgan fingerprint density at radius 1 is 0.683 bits per heavy atom. The standard InChI is InChI=1S/C39H48N2/c1-2-10-25(11-3-1)28-22-23-29(32-15-7-6-14-31(28)32)27-19-20-33-34-21-18-26-12-4-5-13-30(26)38(34)39-40-35-16-8-9-17-36(35)41(39)37(33)24-27/h2,6,10,14,18-21,25,27-29,31-32,39-40H,1,3-5,7-9,11-13,15-17,22-24H2. The molecule has 0 amide bonds. The average molecular weight is 545 g/mol. The highest BCUT2D eigenvalue weighted by molar-refractivity contribution is 5.83. The average Bonchev–Trinajstić information content (AvgIpc) is 3.44. The van der Waals surface area contributed by atoms with Crippen molar-refractivity contribution in [3.8, 4) is 0 Å². The van der Waals surface area contributed by atoms with E-state index in [-0.39, 0.29) is 0 Å². The highest BCUT2D eigenvalue weighted by Gasteiger charge is 2.47. The van der Waals surface area contributed by atoms with E-state index in [0.717, 1.165) is 29.6 Å². The number of benzene rings is 1. The first-order valence-electron chi connectivity index (χ1n) is 17.5. The lowest BCUT2D eigenvalue weighted by atomic mass is 9.56. The normalized spacial score (nSPS) is 37.1. The molecule has 7 atom stereocenters. The zero-order chi connectivity index (χ0) is 26.9. The van der Waals surface area contributed by atoms with Gasteiger partial charge in [-0.25, -0.2) is 0 Å². The fourth-order valence-electron chi connectivity index (χ4n) is 11.0. The van der Waals surface area contributed by atoms with Gasteiger partial charge in [0.25, 0.3) is 0 Å². The summed E-state index contributed by atoms with van der Waals surface area (Å²) in [4.78, 5) is 2.87. The van der Waals surface area contributed by atoms with Gasteiger partial charge in [0.2, 0.25) is 0 Å². The van der Waals surface area contributed by atoms with Crippen molar-refractivity contribution in [1.29, 1.82) is 0 Å². The molecule has 7 unspecified atom stereocenters. The van der Waals surface area contributed by atoms with Crippen molar-refractivity contribution in [3.05, 3.63) is 87.9 Å². The van der Waals surface area contributed by atoms with Crippen molar-refractivity contribution >= 4 is 5.57 Å². The number of rotatable bonds is 2. The number of allylic oxidation sites excluding steroid dienone is 10. The summed E-state index contributed by atoms with van der Waals surface area (Å²) in [6.45, 7) is 0. The minimum atomic E-state index is 0.339. The number of aryl methyl sites for hydroxylation is 1. The first-order valence-corrected chi connectivity index (χ1v) is 17.5. The lowest BCUT2D eigenvalue weighted by Gasteiger charge is -2.50. The van der Waals surface area contributed by atoms with Crippen LogP contribution in [0.15, 0.2) is 65.7 Å². The summed E-state index contributed by atoms with van der Waals surface area (Å²) in [6.07, 6.45) is 37.3.